The molecular weight excluding hydrogens is 488 g/mol. The van der Waals surface area contributed by atoms with Crippen LogP contribution in [0.1, 0.15) is 56.0 Å². The van der Waals surface area contributed by atoms with Crippen molar-refractivity contribution in [1.82, 2.24) is 19.8 Å². The van der Waals surface area contributed by atoms with Gasteiger partial charge in [-0.1, -0.05) is 32.4 Å². The molecule has 2 amide bonds. The number of aromatic nitrogens is 2. The number of carbonyl (C=O) groups is 2. The summed E-state index contributed by atoms with van der Waals surface area (Å²) < 4.78 is 13.1. The topological polar surface area (TPSA) is 121 Å². The molecule has 10 nitrogen and oxygen atoms in total. The summed E-state index contributed by atoms with van der Waals surface area (Å²) in [4.78, 5) is 52.2. The summed E-state index contributed by atoms with van der Waals surface area (Å²) in [6.45, 7) is 6.17. The number of carbonyl (C=O) groups excluding carboxylic acids is 2. The van der Waals surface area contributed by atoms with Gasteiger partial charge in [-0.25, -0.2) is 4.79 Å². The van der Waals surface area contributed by atoms with Crippen molar-refractivity contribution >= 4 is 22.7 Å². The second-order valence-electron chi connectivity index (χ2n) is 9.17. The molecule has 0 saturated heterocycles. The molecule has 1 unspecified atom stereocenters. The Balaban J connectivity index is 2.06. The number of hydrogen-bond donors (Lipinski definition) is 2. The summed E-state index contributed by atoms with van der Waals surface area (Å²) in [5.41, 5.74) is 0.269. The van der Waals surface area contributed by atoms with Gasteiger partial charge in [0.25, 0.3) is 11.5 Å². The summed E-state index contributed by atoms with van der Waals surface area (Å²) in [6.07, 6.45) is 2.61. The lowest BCUT2D eigenvalue weighted by atomic mass is 10.1. The normalized spacial score (nSPS) is 11.7. The van der Waals surface area contributed by atoms with Gasteiger partial charge in [-0.2, -0.15) is 0 Å². The predicted octanol–water partition coefficient (Wildman–Crippen LogP) is 2.67. The van der Waals surface area contributed by atoms with Crippen LogP contribution in [0.5, 0.6) is 11.5 Å². The van der Waals surface area contributed by atoms with Crippen LogP contribution in [0.4, 0.5) is 0 Å². The number of ether oxygens (including phenoxy) is 2. The van der Waals surface area contributed by atoms with E-state index in [0.717, 1.165) is 23.8 Å². The van der Waals surface area contributed by atoms with Crippen molar-refractivity contribution in [3.63, 3.8) is 0 Å². The highest BCUT2D eigenvalue weighted by Gasteiger charge is 2.19. The fourth-order valence-corrected chi connectivity index (χ4v) is 4.03. The van der Waals surface area contributed by atoms with Crippen molar-refractivity contribution in [3.05, 3.63) is 68.4 Å². The molecule has 204 valence electrons. The zero-order valence-corrected chi connectivity index (χ0v) is 22.6. The van der Waals surface area contributed by atoms with Crippen LogP contribution in [-0.4, -0.2) is 47.8 Å². The summed E-state index contributed by atoms with van der Waals surface area (Å²) in [5, 5.41) is 5.94. The summed E-state index contributed by atoms with van der Waals surface area (Å²) >= 11 is 0. The molecule has 3 aromatic rings. The molecular formula is C28H36N4O6. The Kier molecular flexibility index (Phi) is 9.70. The molecule has 0 bridgehead atoms. The van der Waals surface area contributed by atoms with E-state index in [4.69, 9.17) is 9.47 Å². The molecule has 38 heavy (non-hydrogen) atoms. The maximum atomic E-state index is 13.6. The summed E-state index contributed by atoms with van der Waals surface area (Å²) in [6, 6.07) is 9.72. The highest BCUT2D eigenvalue weighted by Crippen LogP contribution is 2.30. The van der Waals surface area contributed by atoms with Gasteiger partial charge in [-0.15, -0.1) is 0 Å². The molecule has 1 aromatic heterocycles. The van der Waals surface area contributed by atoms with Crippen LogP contribution in [0.15, 0.2) is 46.0 Å². The fraction of sp³-hybridized carbons (Fsp3) is 0.429. The number of amides is 2. The van der Waals surface area contributed by atoms with E-state index in [1.54, 1.807) is 24.3 Å². The Labute approximate surface area is 221 Å². The zero-order chi connectivity index (χ0) is 27.8. The lowest BCUT2D eigenvalue weighted by molar-refractivity contribution is -0.122. The smallest absolute Gasteiger partial charge is 0.332 e. The van der Waals surface area contributed by atoms with Gasteiger partial charge in [-0.05, 0) is 43.5 Å². The average molecular weight is 525 g/mol. The van der Waals surface area contributed by atoms with E-state index in [2.05, 4.69) is 10.6 Å². The summed E-state index contributed by atoms with van der Waals surface area (Å²) in [5.74, 6) is 0.140. The second kappa shape index (κ2) is 12.9. The quantitative estimate of drug-likeness (QED) is 0.352. The first-order chi connectivity index (χ1) is 18.2. The highest BCUT2D eigenvalue weighted by molar-refractivity contribution is 5.94. The number of hydrogen-bond acceptors (Lipinski definition) is 6. The van der Waals surface area contributed by atoms with Crippen LogP contribution in [-0.2, 0) is 17.9 Å². The van der Waals surface area contributed by atoms with Gasteiger partial charge in [0, 0.05) is 24.2 Å². The van der Waals surface area contributed by atoms with Crippen molar-refractivity contribution in [2.45, 2.75) is 59.2 Å². The number of nitrogens with one attached hydrogen (secondary N) is 2. The molecule has 0 spiro atoms. The molecule has 1 heterocycles. The Morgan fingerprint density at radius 2 is 1.63 bits per heavy atom. The molecule has 2 aromatic carbocycles. The Bertz CT molecular complexity index is 1410. The van der Waals surface area contributed by atoms with Gasteiger partial charge < -0.3 is 20.1 Å². The van der Waals surface area contributed by atoms with Gasteiger partial charge in [0.05, 0.1) is 31.7 Å². The van der Waals surface area contributed by atoms with Crippen LogP contribution in [0.3, 0.4) is 0 Å². The predicted molar refractivity (Wildman–Crippen MR) is 146 cm³/mol. The number of methoxy groups -OCH3 is 2. The maximum Gasteiger partial charge on any atom is 0.332 e. The summed E-state index contributed by atoms with van der Waals surface area (Å²) in [7, 11) is 2.91. The standard InChI is InChI=1S/C28H36N4O6/c1-6-8-13-29-26(34)20-11-9-19(10-12-20)16-32-27(35)21-14-23(37-4)24(38-5)15-22(21)31(28(32)36)17-25(33)30-18(3)7-2/h9-12,14-15,18H,6-8,13,16-17H2,1-5H3,(H,29,34)(H,30,33). The first kappa shape index (κ1) is 28.5. The molecule has 10 heteroatoms. The zero-order valence-electron chi connectivity index (χ0n) is 22.6. The number of fused-ring (bicyclic) bond motifs is 1. The minimum atomic E-state index is -0.629. The van der Waals surface area contributed by atoms with E-state index in [-0.39, 0.29) is 41.8 Å². The Hall–Kier alpha value is -4.08. The minimum Gasteiger partial charge on any atom is -0.493 e. The second-order valence-corrected chi connectivity index (χ2v) is 9.17. The first-order valence-corrected chi connectivity index (χ1v) is 12.8. The minimum absolute atomic E-state index is 0.0351. The number of nitrogens with zero attached hydrogens (tertiary/aromatic N) is 2. The van der Waals surface area contributed by atoms with Gasteiger partial charge >= 0.3 is 5.69 Å². The van der Waals surface area contributed by atoms with E-state index >= 15 is 0 Å². The van der Waals surface area contributed by atoms with Gasteiger partial charge in [0.2, 0.25) is 5.91 Å². The molecule has 0 aliphatic carbocycles. The third-order valence-corrected chi connectivity index (χ3v) is 6.42. The molecule has 0 fully saturated rings. The molecule has 0 aliphatic rings. The van der Waals surface area contributed by atoms with Gasteiger partial charge in [0.15, 0.2) is 11.5 Å². The third-order valence-electron chi connectivity index (χ3n) is 6.42. The largest absolute Gasteiger partial charge is 0.493 e. The van der Waals surface area contributed by atoms with E-state index in [9.17, 15) is 19.2 Å². The van der Waals surface area contributed by atoms with Crippen molar-refractivity contribution < 1.29 is 19.1 Å². The maximum absolute atomic E-state index is 13.6. The molecule has 1 atom stereocenters. The lowest BCUT2D eigenvalue weighted by Gasteiger charge is -2.17. The average Bonchev–Trinajstić information content (AvgIpc) is 2.92. The van der Waals surface area contributed by atoms with Crippen LogP contribution >= 0.6 is 0 Å². The number of rotatable bonds is 12. The van der Waals surface area contributed by atoms with E-state index in [1.807, 2.05) is 20.8 Å². The fourth-order valence-electron chi connectivity index (χ4n) is 4.03. The number of benzene rings is 2. The molecule has 0 saturated carbocycles. The van der Waals surface area contributed by atoms with Gasteiger partial charge in [-0.3, -0.25) is 23.5 Å². The van der Waals surface area contributed by atoms with Crippen LogP contribution in [0.25, 0.3) is 10.9 Å². The number of unbranched alkanes of at least 4 members (excludes halogenated alkanes) is 1. The van der Waals surface area contributed by atoms with Crippen molar-refractivity contribution in [2.75, 3.05) is 20.8 Å². The SMILES string of the molecule is CCCCNC(=O)c1ccc(Cn2c(=O)c3cc(OC)c(OC)cc3n(CC(=O)NC(C)CC)c2=O)cc1. The van der Waals surface area contributed by atoms with E-state index < -0.39 is 11.2 Å². The molecule has 2 N–H and O–H groups in total. The molecule has 3 rings (SSSR count). The Morgan fingerprint density at radius 3 is 2.24 bits per heavy atom. The van der Waals surface area contributed by atoms with Crippen LogP contribution in [0.2, 0.25) is 0 Å². The third kappa shape index (κ3) is 6.42. The molecule has 0 radical (unpaired) electrons. The Morgan fingerprint density at radius 1 is 0.974 bits per heavy atom. The molecule has 0 aliphatic heterocycles. The first-order valence-electron chi connectivity index (χ1n) is 12.8. The highest BCUT2D eigenvalue weighted by atomic mass is 16.5. The van der Waals surface area contributed by atoms with E-state index in [0.29, 0.717) is 29.2 Å². The van der Waals surface area contributed by atoms with Crippen molar-refractivity contribution in [1.29, 1.82) is 0 Å². The monoisotopic (exact) mass is 524 g/mol. The van der Waals surface area contributed by atoms with Crippen LogP contribution in [0, 0.1) is 0 Å². The van der Waals surface area contributed by atoms with Gasteiger partial charge in [0.1, 0.15) is 6.54 Å². The van der Waals surface area contributed by atoms with Crippen LogP contribution < -0.4 is 31.4 Å². The van der Waals surface area contributed by atoms with E-state index in [1.165, 1.54) is 30.9 Å². The van der Waals surface area contributed by atoms with Crippen molar-refractivity contribution in [2.24, 2.45) is 0 Å². The lowest BCUT2D eigenvalue weighted by Crippen LogP contribution is -2.44. The van der Waals surface area contributed by atoms with Crippen molar-refractivity contribution in [3.8, 4) is 11.5 Å².